The van der Waals surface area contributed by atoms with Crippen LogP contribution in [-0.2, 0) is 0 Å². The number of rotatable bonds is 4. The van der Waals surface area contributed by atoms with Crippen molar-refractivity contribution in [1.82, 2.24) is 28.3 Å². The molecule has 2 atom stereocenters. The zero-order chi connectivity index (χ0) is 63.3. The van der Waals surface area contributed by atoms with Crippen molar-refractivity contribution in [3.8, 4) is 11.4 Å². The Kier molecular flexibility index (Phi) is 10.1. The standard InChI is InChI=1S/C90H50N6S2/c1-3-29-79-71(27-1)95(75-45-73-67(43-81(75)97-79)89-63-25-9-23-57-55-19-5-13-49-15-7-21-59(83(49)55)65(87(57)63)41-77(89)93(73)53-17-11-39-91-47-53)69-37-33-51-32-36-62-70(38-34-52-31-35-61(69)85(51)86(52)62)96-72-28-2-4-30-80(72)98-82-44-68-74(46-76(82)96)94(54-18-12-40-92-48-54)78-42-66-60-22-8-16-50-14-6-20-56(84(50)60)58-24-10-26-64(88(58)66)90(68)78/h1-48,79-80H/q+2. The summed E-state index contributed by atoms with van der Waals surface area (Å²) in [6, 6.07) is 83.6. The van der Waals surface area contributed by atoms with Gasteiger partial charge in [0.05, 0.1) is 66.4 Å². The molecule has 4 aromatic heterocycles. The summed E-state index contributed by atoms with van der Waals surface area (Å²) in [7, 11) is 0. The molecule has 0 amide bonds. The first-order valence-corrected chi connectivity index (χ1v) is 35.5. The molecule has 450 valence electrons. The molecule has 24 rings (SSSR count). The number of thioether (sulfide) groups is 2. The van der Waals surface area contributed by atoms with Crippen molar-refractivity contribution in [2.45, 2.75) is 20.3 Å². The van der Waals surface area contributed by atoms with Gasteiger partial charge in [0, 0.05) is 81.1 Å². The third-order valence-corrected chi connectivity index (χ3v) is 24.7. The van der Waals surface area contributed by atoms with Gasteiger partial charge >= 0.3 is 0 Å². The molecule has 2 unspecified atom stereocenters. The van der Waals surface area contributed by atoms with Gasteiger partial charge in [0.15, 0.2) is 0 Å². The van der Waals surface area contributed by atoms with Gasteiger partial charge in [-0.05, 0) is 170 Å². The highest BCUT2D eigenvalue weighted by atomic mass is 32.2. The Morgan fingerprint density at radius 3 is 1.12 bits per heavy atom. The van der Waals surface area contributed by atoms with Gasteiger partial charge < -0.3 is 9.13 Å². The topological polar surface area (TPSA) is 41.7 Å². The number of pyridine rings is 2. The maximum Gasteiger partial charge on any atom is 0.227 e. The Morgan fingerprint density at radius 1 is 0.286 bits per heavy atom. The molecule has 20 aromatic rings. The first kappa shape index (κ1) is 52.4. The van der Waals surface area contributed by atoms with E-state index in [4.69, 9.17) is 9.97 Å². The molecule has 98 heavy (non-hydrogen) atoms. The highest BCUT2D eigenvalue weighted by Crippen LogP contribution is 2.55. The summed E-state index contributed by atoms with van der Waals surface area (Å²) in [5.74, 6) is 0. The van der Waals surface area contributed by atoms with Crippen LogP contribution in [0.4, 0.5) is 22.7 Å². The maximum atomic E-state index is 4.78. The molecule has 0 N–H and O–H groups in total. The van der Waals surface area contributed by atoms with Crippen LogP contribution >= 0.6 is 23.5 Å². The molecular weight excluding hydrogens is 1230 g/mol. The van der Waals surface area contributed by atoms with Crippen molar-refractivity contribution in [3.63, 3.8) is 0 Å². The summed E-state index contributed by atoms with van der Waals surface area (Å²) >= 11 is 3.91. The molecule has 2 aliphatic carbocycles. The van der Waals surface area contributed by atoms with Crippen LogP contribution in [0.15, 0.2) is 302 Å². The van der Waals surface area contributed by atoms with Crippen LogP contribution in [0.3, 0.4) is 0 Å². The minimum atomic E-state index is 0.0915. The van der Waals surface area contributed by atoms with E-state index in [0.717, 1.165) is 33.8 Å². The van der Waals surface area contributed by atoms with Crippen molar-refractivity contribution in [1.29, 1.82) is 0 Å². The third kappa shape index (κ3) is 6.71. The van der Waals surface area contributed by atoms with Gasteiger partial charge in [-0.3, -0.25) is 9.97 Å². The molecule has 8 heteroatoms. The van der Waals surface area contributed by atoms with Crippen LogP contribution in [0.5, 0.6) is 0 Å². The van der Waals surface area contributed by atoms with Gasteiger partial charge in [0.2, 0.25) is 34.2 Å². The van der Waals surface area contributed by atoms with Crippen molar-refractivity contribution < 1.29 is 0 Å². The molecule has 0 spiro atoms. The lowest BCUT2D eigenvalue weighted by molar-refractivity contribution is 1.03. The van der Waals surface area contributed by atoms with E-state index >= 15 is 0 Å². The lowest BCUT2D eigenvalue weighted by Gasteiger charge is -2.24. The summed E-state index contributed by atoms with van der Waals surface area (Å²) in [6.45, 7) is 0. The Hall–Kier alpha value is -11.9. The number of hydrogen-bond acceptors (Lipinski definition) is 4. The number of fused-ring (bicyclic) bond motifs is 16. The molecule has 4 aliphatic rings. The van der Waals surface area contributed by atoms with E-state index in [9.17, 15) is 0 Å². The SMILES string of the molecule is C1=CC2=[N+](c3ccc4ccc5c([N+]6=C7C=CC=CC7Sc7cc8c9c%10cccc%11c%12cccc%13cccc(c(cc9n(-c9cccnc9)c8cc76)c%11%10)c%13%12)ccc6ccc3c4c65)c3cc4c(cc3SC2C=C1)c1c2cccc3c5cccc6cccc(c(cc1n4-c1cccnc1)c32)c65. The van der Waals surface area contributed by atoms with Gasteiger partial charge in [-0.25, -0.2) is 0 Å². The van der Waals surface area contributed by atoms with E-state index in [2.05, 4.69) is 285 Å². The minimum Gasteiger partial charge on any atom is -0.307 e. The van der Waals surface area contributed by atoms with Gasteiger partial charge in [0.25, 0.3) is 0 Å². The number of benzene rings is 16. The van der Waals surface area contributed by atoms with E-state index in [1.165, 1.54) is 184 Å². The average molecular weight is 1280 g/mol. The fourth-order valence-corrected chi connectivity index (χ4v) is 20.8. The van der Waals surface area contributed by atoms with Gasteiger partial charge in [-0.1, -0.05) is 158 Å². The predicted molar refractivity (Wildman–Crippen MR) is 418 cm³/mol. The largest absolute Gasteiger partial charge is 0.307 e. The van der Waals surface area contributed by atoms with Crippen LogP contribution in [-0.4, -0.2) is 41.0 Å². The van der Waals surface area contributed by atoms with Crippen molar-refractivity contribution in [2.24, 2.45) is 0 Å². The van der Waals surface area contributed by atoms with E-state index < -0.39 is 0 Å². The second-order valence-corrected chi connectivity index (χ2v) is 29.3. The molecule has 0 saturated heterocycles. The summed E-state index contributed by atoms with van der Waals surface area (Å²) in [4.78, 5) is 12.1. The normalized spacial score (nSPS) is 16.2. The summed E-state index contributed by atoms with van der Waals surface area (Å²) in [6.07, 6.45) is 26.2. The van der Waals surface area contributed by atoms with E-state index in [-0.39, 0.29) is 10.5 Å². The second kappa shape index (κ2) is 19.0. The smallest absolute Gasteiger partial charge is 0.227 e. The zero-order valence-corrected chi connectivity index (χ0v) is 54.0. The van der Waals surface area contributed by atoms with E-state index in [1.807, 2.05) is 48.3 Å². The lowest BCUT2D eigenvalue weighted by atomic mass is 9.88. The summed E-state index contributed by atoms with van der Waals surface area (Å²) < 4.78 is 10.2. The maximum absolute atomic E-state index is 4.78. The molecule has 0 saturated carbocycles. The Labute approximate surface area is 567 Å². The summed E-state index contributed by atoms with van der Waals surface area (Å²) in [5, 5.41) is 33.2. The molecule has 6 heterocycles. The Bertz CT molecular complexity index is 6840. The quantitative estimate of drug-likeness (QED) is 0.100. The van der Waals surface area contributed by atoms with Crippen LogP contribution < -0.4 is 9.15 Å². The molecule has 0 radical (unpaired) electrons. The summed E-state index contributed by atoms with van der Waals surface area (Å²) in [5.41, 5.74) is 13.9. The van der Waals surface area contributed by atoms with Crippen LogP contribution in [0.25, 0.3) is 173 Å². The Balaban J connectivity index is 0.745. The molecule has 16 aromatic carbocycles. The van der Waals surface area contributed by atoms with Crippen molar-refractivity contribution in [2.75, 3.05) is 0 Å². The lowest BCUT2D eigenvalue weighted by Crippen LogP contribution is -2.29. The van der Waals surface area contributed by atoms with Gasteiger partial charge in [0.1, 0.15) is 10.5 Å². The monoisotopic (exact) mass is 1280 g/mol. The zero-order valence-electron chi connectivity index (χ0n) is 52.4. The molecule has 6 nitrogen and oxygen atoms in total. The van der Waals surface area contributed by atoms with Gasteiger partial charge in [-0.15, -0.1) is 23.5 Å². The minimum absolute atomic E-state index is 0.0915. The van der Waals surface area contributed by atoms with Crippen molar-refractivity contribution in [3.05, 3.63) is 292 Å². The fraction of sp³-hybridized carbons (Fsp3) is 0.0222. The van der Waals surface area contributed by atoms with Crippen LogP contribution in [0.2, 0.25) is 0 Å². The molecule has 2 aliphatic heterocycles. The average Bonchev–Trinajstić information content (AvgIpc) is 1.34. The number of aromatic nitrogens is 4. The third-order valence-electron chi connectivity index (χ3n) is 22.2. The predicted octanol–water partition coefficient (Wildman–Crippen LogP) is 23.4. The second-order valence-electron chi connectivity index (χ2n) is 27.0. The number of hydrogen-bond donors (Lipinski definition) is 0. The van der Waals surface area contributed by atoms with E-state index in [1.54, 1.807) is 0 Å². The Morgan fingerprint density at radius 2 is 0.684 bits per heavy atom. The van der Waals surface area contributed by atoms with Gasteiger partial charge in [-0.2, -0.15) is 9.15 Å². The van der Waals surface area contributed by atoms with Crippen LogP contribution in [0.1, 0.15) is 0 Å². The molecule has 0 fully saturated rings. The first-order valence-electron chi connectivity index (χ1n) is 33.7. The number of allylic oxidation sites excluding steroid dienone is 6. The number of nitrogens with zero attached hydrogens (tertiary/aromatic N) is 6. The van der Waals surface area contributed by atoms with Crippen LogP contribution in [0, 0.1) is 0 Å². The highest BCUT2D eigenvalue weighted by molar-refractivity contribution is 8.01. The highest BCUT2D eigenvalue weighted by Gasteiger charge is 2.40. The van der Waals surface area contributed by atoms with Crippen molar-refractivity contribution >= 4 is 220 Å². The first-order chi connectivity index (χ1) is 48.6. The molecular formula is C90H50N6S2+2. The molecule has 0 bridgehead atoms. The fourth-order valence-electron chi connectivity index (χ4n) is 18.4. The van der Waals surface area contributed by atoms with E-state index in [0.29, 0.717) is 0 Å².